The fourth-order valence-electron chi connectivity index (χ4n) is 3.62. The monoisotopic (exact) mass is 475 g/mol. The first-order valence-electron chi connectivity index (χ1n) is 10.4. The van der Waals surface area contributed by atoms with E-state index < -0.39 is 5.91 Å². The number of benzene rings is 2. The third kappa shape index (κ3) is 5.67. The summed E-state index contributed by atoms with van der Waals surface area (Å²) in [6.07, 6.45) is 0.622. The highest BCUT2D eigenvalue weighted by Gasteiger charge is 2.26. The van der Waals surface area contributed by atoms with Crippen molar-refractivity contribution in [3.05, 3.63) is 52.5 Å². The summed E-state index contributed by atoms with van der Waals surface area (Å²) in [5.41, 5.74) is 5.92. The molecule has 0 unspecified atom stereocenters. The van der Waals surface area contributed by atoms with Crippen LogP contribution in [0.4, 0.5) is 0 Å². The summed E-state index contributed by atoms with van der Waals surface area (Å²) in [6, 6.07) is 10.0. The van der Waals surface area contributed by atoms with Crippen molar-refractivity contribution < 1.29 is 28.6 Å². The number of nitrogens with two attached hydrogens (primary N) is 1. The van der Waals surface area contributed by atoms with Gasteiger partial charge >= 0.3 is 0 Å². The molecule has 0 atom stereocenters. The number of rotatable bonds is 7. The van der Waals surface area contributed by atoms with E-state index in [2.05, 4.69) is 0 Å². The van der Waals surface area contributed by atoms with Crippen molar-refractivity contribution in [1.82, 2.24) is 9.80 Å². The Morgan fingerprint density at radius 2 is 1.58 bits per heavy atom. The number of primary amides is 1. The molecule has 2 aromatic carbocycles. The quantitative estimate of drug-likeness (QED) is 0.657. The lowest BCUT2D eigenvalue weighted by Crippen LogP contribution is -2.37. The van der Waals surface area contributed by atoms with Gasteiger partial charge in [0.2, 0.25) is 0 Å². The molecule has 3 amide bonds. The van der Waals surface area contributed by atoms with E-state index in [0.29, 0.717) is 49.5 Å². The topological polar surface area (TPSA) is 111 Å². The number of para-hydroxylation sites is 1. The molecule has 1 saturated heterocycles. The summed E-state index contributed by atoms with van der Waals surface area (Å²) in [7, 11) is 2.93. The number of carbonyl (C=O) groups excluding carboxylic acids is 3. The lowest BCUT2D eigenvalue weighted by molar-refractivity contribution is -0.119. The van der Waals surface area contributed by atoms with Crippen LogP contribution in [0.2, 0.25) is 5.02 Å². The molecule has 2 aromatic rings. The van der Waals surface area contributed by atoms with E-state index in [0.717, 1.165) is 0 Å². The maximum Gasteiger partial charge on any atom is 0.257 e. The van der Waals surface area contributed by atoms with Gasteiger partial charge in [-0.1, -0.05) is 23.7 Å². The molecule has 1 aliphatic rings. The Bertz CT molecular complexity index is 1040. The Morgan fingerprint density at radius 1 is 0.939 bits per heavy atom. The van der Waals surface area contributed by atoms with E-state index in [1.807, 2.05) is 6.07 Å². The van der Waals surface area contributed by atoms with Crippen molar-refractivity contribution in [2.45, 2.75) is 6.42 Å². The average Bonchev–Trinajstić information content (AvgIpc) is 3.08. The summed E-state index contributed by atoms with van der Waals surface area (Å²) in [4.78, 5) is 40.6. The second-order valence-electron chi connectivity index (χ2n) is 7.38. The zero-order valence-corrected chi connectivity index (χ0v) is 19.3. The van der Waals surface area contributed by atoms with Crippen molar-refractivity contribution in [1.29, 1.82) is 0 Å². The number of hydrogen-bond acceptors (Lipinski definition) is 6. The lowest BCUT2D eigenvalue weighted by Gasteiger charge is -2.23. The zero-order valence-electron chi connectivity index (χ0n) is 18.5. The number of halogens is 1. The summed E-state index contributed by atoms with van der Waals surface area (Å²) in [5.74, 6) is -0.176. The van der Waals surface area contributed by atoms with Gasteiger partial charge in [0.05, 0.1) is 24.8 Å². The van der Waals surface area contributed by atoms with Crippen LogP contribution >= 0.6 is 11.6 Å². The highest BCUT2D eigenvalue weighted by molar-refractivity contribution is 6.32. The minimum atomic E-state index is -0.662. The molecule has 1 aliphatic heterocycles. The molecule has 1 heterocycles. The molecule has 0 bridgehead atoms. The van der Waals surface area contributed by atoms with Crippen LogP contribution < -0.4 is 19.9 Å². The smallest absolute Gasteiger partial charge is 0.257 e. The standard InChI is InChI=1S/C23H26ClN3O6/c1-31-18-7-4-3-6-16(18)23(30)27-9-5-8-26(10-11-27)22(29)15-12-17(24)21(19(13-15)32-2)33-14-20(25)28/h3-4,6-7,12-13H,5,8-11,14H2,1-2H3,(H2,25,28). The SMILES string of the molecule is COc1ccccc1C(=O)N1CCCN(C(=O)c2cc(Cl)c(OCC(N)=O)c(OC)c2)CC1. The Balaban J connectivity index is 1.73. The van der Waals surface area contributed by atoms with Gasteiger partial charge in [0.25, 0.3) is 17.7 Å². The first-order valence-corrected chi connectivity index (χ1v) is 10.7. The van der Waals surface area contributed by atoms with Gasteiger partial charge in [0.1, 0.15) is 5.75 Å². The number of ether oxygens (including phenoxy) is 3. The van der Waals surface area contributed by atoms with E-state index in [4.69, 9.17) is 31.5 Å². The largest absolute Gasteiger partial charge is 0.496 e. The van der Waals surface area contributed by atoms with Gasteiger partial charge in [0, 0.05) is 31.7 Å². The van der Waals surface area contributed by atoms with Gasteiger partial charge in [-0.05, 0) is 30.7 Å². The van der Waals surface area contributed by atoms with Gasteiger partial charge < -0.3 is 29.7 Å². The van der Waals surface area contributed by atoms with Crippen LogP contribution in [-0.2, 0) is 4.79 Å². The van der Waals surface area contributed by atoms with Crippen molar-refractivity contribution >= 4 is 29.3 Å². The van der Waals surface area contributed by atoms with Gasteiger partial charge in [-0.2, -0.15) is 0 Å². The van der Waals surface area contributed by atoms with Crippen molar-refractivity contribution in [3.63, 3.8) is 0 Å². The Morgan fingerprint density at radius 3 is 2.21 bits per heavy atom. The molecule has 176 valence electrons. The molecular weight excluding hydrogens is 450 g/mol. The van der Waals surface area contributed by atoms with Crippen LogP contribution in [0.5, 0.6) is 17.2 Å². The lowest BCUT2D eigenvalue weighted by atomic mass is 10.1. The fourth-order valence-corrected chi connectivity index (χ4v) is 3.89. The Hall–Kier alpha value is -3.46. The van der Waals surface area contributed by atoms with E-state index >= 15 is 0 Å². The highest BCUT2D eigenvalue weighted by atomic mass is 35.5. The molecule has 0 aliphatic carbocycles. The van der Waals surface area contributed by atoms with Gasteiger partial charge in [-0.15, -0.1) is 0 Å². The van der Waals surface area contributed by atoms with E-state index in [1.165, 1.54) is 26.4 Å². The predicted molar refractivity (Wildman–Crippen MR) is 122 cm³/mol. The summed E-state index contributed by atoms with van der Waals surface area (Å²) in [6.45, 7) is 1.37. The molecule has 0 saturated carbocycles. The second kappa shape index (κ2) is 10.9. The molecule has 9 nitrogen and oxygen atoms in total. The van der Waals surface area contributed by atoms with E-state index in [1.54, 1.807) is 28.0 Å². The van der Waals surface area contributed by atoms with Crippen molar-refractivity contribution in [2.75, 3.05) is 47.0 Å². The number of carbonyl (C=O) groups is 3. The molecule has 0 radical (unpaired) electrons. The normalized spacial score (nSPS) is 13.8. The molecule has 3 rings (SSSR count). The molecule has 0 spiro atoms. The zero-order chi connectivity index (χ0) is 24.0. The van der Waals surface area contributed by atoms with Gasteiger partial charge in [-0.3, -0.25) is 14.4 Å². The molecule has 10 heteroatoms. The van der Waals surface area contributed by atoms with Crippen LogP contribution in [0, 0.1) is 0 Å². The summed E-state index contributed by atoms with van der Waals surface area (Å²) < 4.78 is 15.9. The molecule has 1 fully saturated rings. The van der Waals surface area contributed by atoms with Crippen LogP contribution in [-0.4, -0.2) is 74.5 Å². The van der Waals surface area contributed by atoms with Gasteiger partial charge in [0.15, 0.2) is 18.1 Å². The molecular formula is C23H26ClN3O6. The third-order valence-corrected chi connectivity index (χ3v) is 5.52. The summed E-state index contributed by atoms with van der Waals surface area (Å²) in [5, 5.41) is 0.127. The number of hydrogen-bond donors (Lipinski definition) is 1. The Kier molecular flexibility index (Phi) is 8.00. The number of methoxy groups -OCH3 is 2. The predicted octanol–water partition coefficient (Wildman–Crippen LogP) is 2.21. The average molecular weight is 476 g/mol. The van der Waals surface area contributed by atoms with Crippen molar-refractivity contribution in [2.24, 2.45) is 5.73 Å². The number of nitrogens with zero attached hydrogens (tertiary/aromatic N) is 2. The molecule has 0 aromatic heterocycles. The third-order valence-electron chi connectivity index (χ3n) is 5.24. The van der Waals surface area contributed by atoms with Crippen molar-refractivity contribution in [3.8, 4) is 17.2 Å². The van der Waals surface area contributed by atoms with Crippen LogP contribution in [0.25, 0.3) is 0 Å². The molecule has 2 N–H and O–H groups in total. The molecule has 33 heavy (non-hydrogen) atoms. The second-order valence-corrected chi connectivity index (χ2v) is 7.79. The van der Waals surface area contributed by atoms with Crippen LogP contribution in [0.1, 0.15) is 27.1 Å². The van der Waals surface area contributed by atoms with E-state index in [-0.39, 0.29) is 34.9 Å². The summed E-state index contributed by atoms with van der Waals surface area (Å²) >= 11 is 6.28. The van der Waals surface area contributed by atoms with Crippen LogP contribution in [0.15, 0.2) is 36.4 Å². The van der Waals surface area contributed by atoms with Gasteiger partial charge in [-0.25, -0.2) is 0 Å². The maximum absolute atomic E-state index is 13.2. The first-order chi connectivity index (χ1) is 15.8. The minimum Gasteiger partial charge on any atom is -0.496 e. The first kappa shape index (κ1) is 24.2. The Labute approximate surface area is 196 Å². The minimum absolute atomic E-state index is 0.127. The van der Waals surface area contributed by atoms with Crippen LogP contribution in [0.3, 0.4) is 0 Å². The number of amides is 3. The van der Waals surface area contributed by atoms with E-state index in [9.17, 15) is 14.4 Å². The maximum atomic E-state index is 13.2. The highest BCUT2D eigenvalue weighted by Crippen LogP contribution is 2.36. The fraction of sp³-hybridized carbons (Fsp3) is 0.348.